The number of benzene rings is 1. The van der Waals surface area contributed by atoms with Crippen molar-refractivity contribution in [2.24, 2.45) is 0 Å². The van der Waals surface area contributed by atoms with Crippen LogP contribution in [0.1, 0.15) is 24.4 Å². The summed E-state index contributed by atoms with van der Waals surface area (Å²) in [7, 11) is 0. The maximum atomic E-state index is 12.9. The van der Waals surface area contributed by atoms with Crippen LogP contribution in [-0.2, 0) is 13.0 Å². The van der Waals surface area contributed by atoms with Crippen LogP contribution in [0.2, 0.25) is 0 Å². The van der Waals surface area contributed by atoms with Gasteiger partial charge < -0.3 is 14.3 Å². The first kappa shape index (κ1) is 14.0. The Hall–Kier alpha value is -2.63. The summed E-state index contributed by atoms with van der Waals surface area (Å²) in [5, 5.41) is 3.04. The van der Waals surface area contributed by atoms with E-state index in [9.17, 15) is 4.39 Å². The zero-order chi connectivity index (χ0) is 15.8. The maximum Gasteiger partial charge on any atom is 0.299 e. The third-order valence-corrected chi connectivity index (χ3v) is 4.10. The lowest BCUT2D eigenvalue weighted by atomic mass is 10.1. The minimum absolute atomic E-state index is 0.273. The zero-order valence-corrected chi connectivity index (χ0v) is 12.8. The van der Waals surface area contributed by atoms with Gasteiger partial charge in [-0.25, -0.2) is 9.37 Å². The van der Waals surface area contributed by atoms with Crippen LogP contribution in [0.3, 0.4) is 0 Å². The average Bonchev–Trinajstić information content (AvgIpc) is 3.12. The van der Waals surface area contributed by atoms with Crippen molar-refractivity contribution >= 4 is 11.7 Å². The highest BCUT2D eigenvalue weighted by Crippen LogP contribution is 2.29. The number of hydrogen-bond donors (Lipinski definition) is 1. The van der Waals surface area contributed by atoms with Gasteiger partial charge in [0.2, 0.25) is 0 Å². The summed E-state index contributed by atoms with van der Waals surface area (Å²) in [6.45, 7) is 2.97. The largest absolute Gasteiger partial charge is 0.431 e. The van der Waals surface area contributed by atoms with Crippen molar-refractivity contribution in [2.45, 2.75) is 32.7 Å². The van der Waals surface area contributed by atoms with Crippen LogP contribution in [0.5, 0.6) is 0 Å². The Morgan fingerprint density at radius 2 is 2.00 bits per heavy atom. The molecule has 0 atom stereocenters. The number of rotatable bonds is 3. The Morgan fingerprint density at radius 1 is 1.17 bits per heavy atom. The SMILES string of the molecule is Cc1nc2n(c1-c1coc(Nc3ccc(F)cc3)n1)CCCC2. The van der Waals surface area contributed by atoms with Gasteiger partial charge >= 0.3 is 0 Å². The molecule has 1 aliphatic rings. The molecule has 1 aliphatic heterocycles. The van der Waals surface area contributed by atoms with Crippen LogP contribution in [0.4, 0.5) is 16.1 Å². The Labute approximate surface area is 133 Å². The fourth-order valence-electron chi connectivity index (χ4n) is 3.04. The van der Waals surface area contributed by atoms with Gasteiger partial charge in [-0.15, -0.1) is 0 Å². The second-order valence-corrected chi connectivity index (χ2v) is 5.74. The maximum absolute atomic E-state index is 12.9. The van der Waals surface area contributed by atoms with E-state index in [0.29, 0.717) is 6.01 Å². The van der Waals surface area contributed by atoms with E-state index in [1.54, 1.807) is 18.4 Å². The van der Waals surface area contributed by atoms with E-state index < -0.39 is 0 Å². The second-order valence-electron chi connectivity index (χ2n) is 5.74. The third kappa shape index (κ3) is 2.60. The molecule has 3 heterocycles. The molecule has 0 spiro atoms. The summed E-state index contributed by atoms with van der Waals surface area (Å²) in [5.41, 5.74) is 3.50. The van der Waals surface area contributed by atoms with Gasteiger partial charge in [0.15, 0.2) is 0 Å². The van der Waals surface area contributed by atoms with Crippen molar-refractivity contribution < 1.29 is 8.81 Å². The summed E-state index contributed by atoms with van der Waals surface area (Å²) in [4.78, 5) is 9.16. The van der Waals surface area contributed by atoms with E-state index in [1.165, 1.54) is 18.6 Å². The van der Waals surface area contributed by atoms with Gasteiger partial charge in [-0.1, -0.05) is 0 Å². The number of nitrogens with one attached hydrogen (secondary N) is 1. The number of nitrogens with zero attached hydrogens (tertiary/aromatic N) is 3. The summed E-state index contributed by atoms with van der Waals surface area (Å²) < 4.78 is 20.7. The molecule has 6 heteroatoms. The molecule has 0 radical (unpaired) electrons. The Balaban J connectivity index is 1.63. The van der Waals surface area contributed by atoms with Gasteiger partial charge in [-0.2, -0.15) is 4.98 Å². The number of imidazole rings is 1. The average molecular weight is 312 g/mol. The Morgan fingerprint density at radius 3 is 2.83 bits per heavy atom. The topological polar surface area (TPSA) is 55.9 Å². The van der Waals surface area contributed by atoms with Crippen LogP contribution in [0, 0.1) is 12.7 Å². The zero-order valence-electron chi connectivity index (χ0n) is 12.8. The molecule has 0 bridgehead atoms. The number of aromatic nitrogens is 3. The number of anilines is 2. The molecule has 4 rings (SSSR count). The number of aryl methyl sites for hydroxylation is 2. The summed E-state index contributed by atoms with van der Waals surface area (Å²) in [6, 6.07) is 6.46. The molecule has 23 heavy (non-hydrogen) atoms. The van der Waals surface area contributed by atoms with Crippen molar-refractivity contribution in [3.05, 3.63) is 47.9 Å². The van der Waals surface area contributed by atoms with Crippen LogP contribution < -0.4 is 5.32 Å². The van der Waals surface area contributed by atoms with Crippen molar-refractivity contribution in [2.75, 3.05) is 5.32 Å². The Bertz CT molecular complexity index is 835. The van der Waals surface area contributed by atoms with E-state index in [0.717, 1.165) is 48.0 Å². The third-order valence-electron chi connectivity index (χ3n) is 4.10. The molecule has 0 saturated carbocycles. The van der Waals surface area contributed by atoms with Crippen LogP contribution in [-0.4, -0.2) is 14.5 Å². The smallest absolute Gasteiger partial charge is 0.299 e. The fraction of sp³-hybridized carbons (Fsp3) is 0.294. The molecule has 1 N–H and O–H groups in total. The monoisotopic (exact) mass is 312 g/mol. The van der Waals surface area contributed by atoms with Crippen LogP contribution >= 0.6 is 0 Å². The normalized spacial score (nSPS) is 13.8. The van der Waals surface area contributed by atoms with Crippen molar-refractivity contribution in [3.8, 4) is 11.4 Å². The van der Waals surface area contributed by atoms with E-state index in [2.05, 4.69) is 19.9 Å². The van der Waals surface area contributed by atoms with Gasteiger partial charge in [0.25, 0.3) is 6.01 Å². The van der Waals surface area contributed by atoms with Gasteiger partial charge in [-0.3, -0.25) is 0 Å². The van der Waals surface area contributed by atoms with Gasteiger partial charge in [0.1, 0.15) is 23.6 Å². The highest BCUT2D eigenvalue weighted by molar-refractivity contribution is 5.61. The lowest BCUT2D eigenvalue weighted by molar-refractivity contribution is 0.525. The minimum atomic E-state index is -0.273. The van der Waals surface area contributed by atoms with Crippen molar-refractivity contribution in [1.82, 2.24) is 14.5 Å². The summed E-state index contributed by atoms with van der Waals surface area (Å²) in [5.74, 6) is 0.852. The fourth-order valence-corrected chi connectivity index (χ4v) is 3.04. The first-order chi connectivity index (χ1) is 11.2. The van der Waals surface area contributed by atoms with Gasteiger partial charge in [0, 0.05) is 18.7 Å². The van der Waals surface area contributed by atoms with Crippen molar-refractivity contribution in [3.63, 3.8) is 0 Å². The predicted molar refractivity (Wildman–Crippen MR) is 85.1 cm³/mol. The van der Waals surface area contributed by atoms with E-state index in [-0.39, 0.29) is 5.82 Å². The molecule has 2 aromatic heterocycles. The highest BCUT2D eigenvalue weighted by Gasteiger charge is 2.21. The highest BCUT2D eigenvalue weighted by atomic mass is 19.1. The van der Waals surface area contributed by atoms with Crippen LogP contribution in [0.15, 0.2) is 34.9 Å². The summed E-state index contributed by atoms with van der Waals surface area (Å²) in [6.07, 6.45) is 5.00. The van der Waals surface area contributed by atoms with E-state index in [1.807, 2.05) is 6.92 Å². The second kappa shape index (κ2) is 5.53. The lowest BCUT2D eigenvalue weighted by Gasteiger charge is -2.15. The van der Waals surface area contributed by atoms with Gasteiger partial charge in [-0.05, 0) is 44.0 Å². The molecule has 0 unspecified atom stereocenters. The molecular formula is C17H17FN4O. The number of hydrogen-bond acceptors (Lipinski definition) is 4. The molecule has 0 fully saturated rings. The molecule has 0 amide bonds. The predicted octanol–water partition coefficient (Wildman–Crippen LogP) is 4.07. The first-order valence-electron chi connectivity index (χ1n) is 7.75. The van der Waals surface area contributed by atoms with E-state index >= 15 is 0 Å². The molecular weight excluding hydrogens is 295 g/mol. The quantitative estimate of drug-likeness (QED) is 0.792. The molecule has 5 nitrogen and oxygen atoms in total. The van der Waals surface area contributed by atoms with Crippen molar-refractivity contribution in [1.29, 1.82) is 0 Å². The first-order valence-corrected chi connectivity index (χ1v) is 7.75. The van der Waals surface area contributed by atoms with E-state index in [4.69, 9.17) is 4.42 Å². The molecule has 3 aromatic rings. The lowest BCUT2D eigenvalue weighted by Crippen LogP contribution is -2.11. The Kier molecular flexibility index (Phi) is 3.37. The molecule has 118 valence electrons. The number of halogens is 1. The van der Waals surface area contributed by atoms with Gasteiger partial charge in [0.05, 0.1) is 11.4 Å². The number of fused-ring (bicyclic) bond motifs is 1. The molecule has 1 aromatic carbocycles. The standard InChI is InChI=1S/C17H17FN4O/c1-11-16(22-9-3-2-4-15(22)19-11)14-10-23-17(21-14)20-13-7-5-12(18)6-8-13/h5-8,10H,2-4,9H2,1H3,(H,20,21). The van der Waals surface area contributed by atoms with Crippen LogP contribution in [0.25, 0.3) is 11.4 Å². The minimum Gasteiger partial charge on any atom is -0.431 e. The number of oxazole rings is 1. The molecule has 0 saturated heterocycles. The summed E-state index contributed by atoms with van der Waals surface area (Å²) >= 11 is 0. The molecule has 0 aliphatic carbocycles.